The Morgan fingerprint density at radius 2 is 1.77 bits per heavy atom. The number of ether oxygens (including phenoxy) is 1. The molecule has 0 aliphatic carbocycles. The van der Waals surface area contributed by atoms with Crippen LogP contribution in [-0.2, 0) is 0 Å². The first kappa shape index (κ1) is 19.5. The standard InChI is InChI=1S/C25H22N4OS/c1-4-30-19-12-10-17(11-13-19)21-15(2)31-25-22(21)24(27-16(3)28-25)29-20-9-5-7-18-8-6-14-26-23(18)20/h5-14H,4H2,1-3H3,(H,27,28,29). The maximum atomic E-state index is 5.61. The highest BCUT2D eigenvalue weighted by atomic mass is 32.1. The average molecular weight is 427 g/mol. The fourth-order valence-corrected chi connectivity index (χ4v) is 4.96. The van der Waals surface area contributed by atoms with Crippen molar-refractivity contribution in [1.82, 2.24) is 15.0 Å². The smallest absolute Gasteiger partial charge is 0.143 e. The van der Waals surface area contributed by atoms with E-state index in [0.29, 0.717) is 6.61 Å². The number of hydrogen-bond acceptors (Lipinski definition) is 6. The molecule has 0 unspecified atom stereocenters. The van der Waals surface area contributed by atoms with Crippen molar-refractivity contribution in [3.63, 3.8) is 0 Å². The molecule has 0 radical (unpaired) electrons. The zero-order valence-electron chi connectivity index (χ0n) is 17.6. The van der Waals surface area contributed by atoms with Crippen molar-refractivity contribution in [2.24, 2.45) is 0 Å². The molecule has 0 saturated carbocycles. The van der Waals surface area contributed by atoms with Crippen molar-refractivity contribution in [2.45, 2.75) is 20.8 Å². The molecule has 154 valence electrons. The van der Waals surface area contributed by atoms with Crippen LogP contribution in [-0.4, -0.2) is 21.6 Å². The Kier molecular flexibility index (Phi) is 5.00. The monoisotopic (exact) mass is 426 g/mol. The number of hydrogen-bond donors (Lipinski definition) is 1. The van der Waals surface area contributed by atoms with Gasteiger partial charge in [-0.1, -0.05) is 30.3 Å². The molecule has 31 heavy (non-hydrogen) atoms. The summed E-state index contributed by atoms with van der Waals surface area (Å²) in [5, 5.41) is 5.67. The van der Waals surface area contributed by atoms with E-state index in [1.165, 1.54) is 4.88 Å². The van der Waals surface area contributed by atoms with Crippen molar-refractivity contribution in [2.75, 3.05) is 11.9 Å². The maximum Gasteiger partial charge on any atom is 0.143 e. The summed E-state index contributed by atoms with van der Waals surface area (Å²) in [4.78, 5) is 16.3. The molecule has 5 nitrogen and oxygen atoms in total. The first-order valence-electron chi connectivity index (χ1n) is 10.3. The Hall–Kier alpha value is -3.51. The lowest BCUT2D eigenvalue weighted by molar-refractivity contribution is 0.340. The normalized spacial score (nSPS) is 11.2. The summed E-state index contributed by atoms with van der Waals surface area (Å²) >= 11 is 1.69. The van der Waals surface area contributed by atoms with Gasteiger partial charge in [0.15, 0.2) is 0 Å². The van der Waals surface area contributed by atoms with Gasteiger partial charge in [0.1, 0.15) is 22.2 Å². The molecule has 6 heteroatoms. The van der Waals surface area contributed by atoms with Crippen LogP contribution in [0.4, 0.5) is 11.5 Å². The van der Waals surface area contributed by atoms with E-state index in [4.69, 9.17) is 14.7 Å². The molecule has 3 aromatic heterocycles. The summed E-state index contributed by atoms with van der Waals surface area (Å²) < 4.78 is 5.61. The molecule has 3 heterocycles. The summed E-state index contributed by atoms with van der Waals surface area (Å²) in [7, 11) is 0. The molecule has 0 saturated heterocycles. The van der Waals surface area contributed by atoms with Crippen LogP contribution < -0.4 is 10.1 Å². The molecular formula is C25H22N4OS. The van der Waals surface area contributed by atoms with Gasteiger partial charge in [-0.3, -0.25) is 4.98 Å². The number of aromatic nitrogens is 3. The van der Waals surface area contributed by atoms with E-state index in [0.717, 1.165) is 55.3 Å². The lowest BCUT2D eigenvalue weighted by atomic mass is 10.0. The largest absolute Gasteiger partial charge is 0.494 e. The molecular weight excluding hydrogens is 404 g/mol. The van der Waals surface area contributed by atoms with Crippen LogP contribution in [0.5, 0.6) is 5.75 Å². The van der Waals surface area contributed by atoms with Gasteiger partial charge < -0.3 is 10.1 Å². The molecule has 0 bridgehead atoms. The number of anilines is 2. The second-order valence-corrected chi connectivity index (χ2v) is 8.50. The predicted octanol–water partition coefficient (Wildman–Crippen LogP) is 6.67. The molecule has 0 atom stereocenters. The number of fused-ring (bicyclic) bond motifs is 2. The number of nitrogens with zero attached hydrogens (tertiary/aromatic N) is 3. The number of nitrogens with one attached hydrogen (secondary N) is 1. The number of thiophene rings is 1. The molecule has 0 spiro atoms. The number of aryl methyl sites for hydroxylation is 2. The van der Waals surface area contributed by atoms with E-state index in [2.05, 4.69) is 41.5 Å². The van der Waals surface area contributed by atoms with Crippen LogP contribution in [0.25, 0.3) is 32.2 Å². The maximum absolute atomic E-state index is 5.61. The van der Waals surface area contributed by atoms with Crippen molar-refractivity contribution in [3.8, 4) is 16.9 Å². The molecule has 0 amide bonds. The second-order valence-electron chi connectivity index (χ2n) is 7.30. The van der Waals surface area contributed by atoms with E-state index < -0.39 is 0 Å². The van der Waals surface area contributed by atoms with Crippen LogP contribution in [0.1, 0.15) is 17.6 Å². The molecule has 5 aromatic rings. The molecule has 0 fully saturated rings. The number of para-hydroxylation sites is 1. The van der Waals surface area contributed by atoms with Gasteiger partial charge >= 0.3 is 0 Å². The van der Waals surface area contributed by atoms with E-state index >= 15 is 0 Å². The Balaban J connectivity index is 1.68. The molecule has 0 aliphatic heterocycles. The minimum Gasteiger partial charge on any atom is -0.494 e. The fourth-order valence-electron chi connectivity index (χ4n) is 3.87. The third-order valence-corrected chi connectivity index (χ3v) is 6.18. The lowest BCUT2D eigenvalue weighted by Crippen LogP contribution is -1.99. The van der Waals surface area contributed by atoms with Crippen LogP contribution in [0, 0.1) is 13.8 Å². The number of pyridine rings is 1. The number of rotatable bonds is 5. The van der Waals surface area contributed by atoms with Gasteiger partial charge in [-0.05, 0) is 50.6 Å². The van der Waals surface area contributed by atoms with Crippen LogP contribution in [0.3, 0.4) is 0 Å². The SMILES string of the molecule is CCOc1ccc(-c2c(C)sc3nc(C)nc(Nc4cccc5cccnc45)c23)cc1. The summed E-state index contributed by atoms with van der Waals surface area (Å²) in [6.07, 6.45) is 1.81. The lowest BCUT2D eigenvalue weighted by Gasteiger charge is -2.12. The van der Waals surface area contributed by atoms with Gasteiger partial charge in [-0.15, -0.1) is 11.3 Å². The quantitative estimate of drug-likeness (QED) is 0.340. The van der Waals surface area contributed by atoms with E-state index in [9.17, 15) is 0 Å². The van der Waals surface area contributed by atoms with Gasteiger partial charge in [-0.25, -0.2) is 9.97 Å². The van der Waals surface area contributed by atoms with Crippen molar-refractivity contribution in [1.29, 1.82) is 0 Å². The third kappa shape index (κ3) is 3.59. The summed E-state index contributed by atoms with van der Waals surface area (Å²) in [6, 6.07) is 18.4. The first-order valence-corrected chi connectivity index (χ1v) is 11.1. The minimum atomic E-state index is 0.653. The topological polar surface area (TPSA) is 59.9 Å². The number of benzene rings is 2. The summed E-state index contributed by atoms with van der Waals surface area (Å²) in [5.41, 5.74) is 4.13. The second kappa shape index (κ2) is 7.96. The van der Waals surface area contributed by atoms with Crippen LogP contribution >= 0.6 is 11.3 Å². The Morgan fingerprint density at radius 1 is 0.968 bits per heavy atom. The van der Waals surface area contributed by atoms with E-state index in [1.807, 2.05) is 50.4 Å². The van der Waals surface area contributed by atoms with Gasteiger partial charge in [0.05, 0.1) is 23.2 Å². The molecule has 2 aromatic carbocycles. The van der Waals surface area contributed by atoms with Crippen molar-refractivity contribution >= 4 is 44.0 Å². The fraction of sp³-hybridized carbons (Fsp3) is 0.160. The van der Waals surface area contributed by atoms with Crippen molar-refractivity contribution in [3.05, 3.63) is 71.5 Å². The zero-order chi connectivity index (χ0) is 21.4. The van der Waals surface area contributed by atoms with Gasteiger partial charge in [0.2, 0.25) is 0 Å². The van der Waals surface area contributed by atoms with Crippen molar-refractivity contribution < 1.29 is 4.74 Å². The van der Waals surface area contributed by atoms with Gasteiger partial charge in [0.25, 0.3) is 0 Å². The highest BCUT2D eigenvalue weighted by molar-refractivity contribution is 7.19. The van der Waals surface area contributed by atoms with Crippen LogP contribution in [0.15, 0.2) is 60.8 Å². The highest BCUT2D eigenvalue weighted by Gasteiger charge is 2.18. The Morgan fingerprint density at radius 3 is 2.58 bits per heavy atom. The zero-order valence-corrected chi connectivity index (χ0v) is 18.5. The highest BCUT2D eigenvalue weighted by Crippen LogP contribution is 2.42. The van der Waals surface area contributed by atoms with Gasteiger partial charge in [-0.2, -0.15) is 0 Å². The summed E-state index contributed by atoms with van der Waals surface area (Å²) in [6.45, 7) is 6.71. The van der Waals surface area contributed by atoms with Gasteiger partial charge in [0, 0.05) is 22.0 Å². The molecule has 1 N–H and O–H groups in total. The van der Waals surface area contributed by atoms with E-state index in [1.54, 1.807) is 11.3 Å². The van der Waals surface area contributed by atoms with E-state index in [-0.39, 0.29) is 0 Å². The Bertz CT molecular complexity index is 1390. The molecule has 5 rings (SSSR count). The minimum absolute atomic E-state index is 0.653. The predicted molar refractivity (Wildman–Crippen MR) is 129 cm³/mol. The third-order valence-electron chi connectivity index (χ3n) is 5.18. The molecule has 0 aliphatic rings. The first-order chi connectivity index (χ1) is 15.1. The van der Waals surface area contributed by atoms with Crippen LogP contribution in [0.2, 0.25) is 0 Å². The summed E-state index contributed by atoms with van der Waals surface area (Å²) in [5.74, 6) is 2.41. The average Bonchev–Trinajstić information content (AvgIpc) is 3.10. The Labute approximate surface area is 184 Å².